The summed E-state index contributed by atoms with van der Waals surface area (Å²) in [6, 6.07) is 15.1. The van der Waals surface area contributed by atoms with E-state index >= 15 is 0 Å². The van der Waals surface area contributed by atoms with Crippen LogP contribution in [0, 0.1) is 10.1 Å². The molecule has 0 spiro atoms. The maximum atomic E-state index is 10.7. The van der Waals surface area contributed by atoms with Gasteiger partial charge in [0.25, 0.3) is 5.69 Å². The van der Waals surface area contributed by atoms with Gasteiger partial charge >= 0.3 is 0 Å². The lowest BCUT2D eigenvalue weighted by Crippen LogP contribution is -2.43. The van der Waals surface area contributed by atoms with Crippen molar-refractivity contribution in [3.63, 3.8) is 0 Å². The highest BCUT2D eigenvalue weighted by Crippen LogP contribution is 2.18. The van der Waals surface area contributed by atoms with Crippen molar-refractivity contribution in [1.82, 2.24) is 10.2 Å². The van der Waals surface area contributed by atoms with E-state index in [1.807, 2.05) is 0 Å². The molecule has 1 N–H and O–H groups in total. The second-order valence-corrected chi connectivity index (χ2v) is 5.76. The quantitative estimate of drug-likeness (QED) is 0.255. The van der Waals surface area contributed by atoms with Gasteiger partial charge in [0.15, 0.2) is 5.96 Å². The Morgan fingerprint density at radius 1 is 1.20 bits per heavy atom. The topological polar surface area (TPSA) is 70.8 Å². The van der Waals surface area contributed by atoms with Crippen molar-refractivity contribution in [2.75, 3.05) is 13.6 Å². The van der Waals surface area contributed by atoms with E-state index < -0.39 is 0 Å². The average molecular weight is 452 g/mol. The lowest BCUT2D eigenvalue weighted by atomic mass is 10.0. The van der Waals surface area contributed by atoms with Crippen molar-refractivity contribution in [3.05, 3.63) is 75.3 Å². The Hall–Kier alpha value is -2.16. The molecule has 0 bridgehead atoms. The van der Waals surface area contributed by atoms with Crippen LogP contribution in [-0.2, 0) is 19.5 Å². The van der Waals surface area contributed by atoms with Gasteiger partial charge in [0, 0.05) is 38.8 Å². The van der Waals surface area contributed by atoms with E-state index in [1.165, 1.54) is 23.3 Å². The highest BCUT2D eigenvalue weighted by molar-refractivity contribution is 14.0. The molecule has 0 saturated carbocycles. The van der Waals surface area contributed by atoms with E-state index in [0.717, 1.165) is 31.0 Å². The van der Waals surface area contributed by atoms with Gasteiger partial charge in [-0.3, -0.25) is 15.1 Å². The molecule has 0 saturated heterocycles. The van der Waals surface area contributed by atoms with E-state index in [9.17, 15) is 10.1 Å². The van der Waals surface area contributed by atoms with Crippen LogP contribution in [0.4, 0.5) is 5.69 Å². The molecule has 6 nitrogen and oxygen atoms in total. The summed E-state index contributed by atoms with van der Waals surface area (Å²) in [5.41, 5.74) is 3.83. The zero-order chi connectivity index (χ0) is 16.9. The molecule has 1 aliphatic rings. The van der Waals surface area contributed by atoms with Crippen LogP contribution in [-0.4, -0.2) is 29.4 Å². The third-order valence-corrected chi connectivity index (χ3v) is 4.24. The number of nitro groups is 1. The standard InChI is InChI=1S/C18H20N4O2.HI/c1-19-18(20-12-14-6-8-17(9-7-14)22(23)24)21-11-10-15-4-2-3-5-16(15)13-21;/h2-9H,10-13H2,1H3,(H,19,20);1H. The second-order valence-electron chi connectivity index (χ2n) is 5.76. The molecule has 0 radical (unpaired) electrons. The van der Waals surface area contributed by atoms with Gasteiger partial charge < -0.3 is 10.2 Å². The highest BCUT2D eigenvalue weighted by Gasteiger charge is 2.18. The summed E-state index contributed by atoms with van der Waals surface area (Å²) in [6.45, 7) is 2.36. The van der Waals surface area contributed by atoms with Crippen LogP contribution in [0.1, 0.15) is 16.7 Å². The molecule has 0 amide bonds. The third kappa shape index (κ3) is 4.68. The summed E-state index contributed by atoms with van der Waals surface area (Å²) in [5, 5.41) is 14.0. The fraction of sp³-hybridized carbons (Fsp3) is 0.278. The van der Waals surface area contributed by atoms with Gasteiger partial charge in [-0.25, -0.2) is 0 Å². The zero-order valence-electron chi connectivity index (χ0n) is 14.0. The van der Waals surface area contributed by atoms with Gasteiger partial charge in [0.1, 0.15) is 0 Å². The van der Waals surface area contributed by atoms with E-state index in [-0.39, 0.29) is 34.6 Å². The van der Waals surface area contributed by atoms with Crippen LogP contribution >= 0.6 is 24.0 Å². The Balaban J connectivity index is 0.00000225. The summed E-state index contributed by atoms with van der Waals surface area (Å²) in [6.07, 6.45) is 1.01. The lowest BCUT2D eigenvalue weighted by molar-refractivity contribution is -0.384. The molecule has 0 aromatic heterocycles. The van der Waals surface area contributed by atoms with Gasteiger partial charge in [-0.05, 0) is 23.1 Å². The first kappa shape index (κ1) is 19.2. The zero-order valence-corrected chi connectivity index (χ0v) is 16.3. The van der Waals surface area contributed by atoms with Crippen LogP contribution in [0.3, 0.4) is 0 Å². The van der Waals surface area contributed by atoms with Crippen LogP contribution < -0.4 is 5.32 Å². The first-order chi connectivity index (χ1) is 11.7. The summed E-state index contributed by atoms with van der Waals surface area (Å²) >= 11 is 0. The predicted octanol–water partition coefficient (Wildman–Crippen LogP) is 3.35. The molecule has 132 valence electrons. The molecule has 0 aliphatic carbocycles. The molecule has 1 aliphatic heterocycles. The predicted molar refractivity (Wildman–Crippen MR) is 109 cm³/mol. The molecule has 0 atom stereocenters. The Morgan fingerprint density at radius 3 is 2.52 bits per heavy atom. The number of hydrogen-bond acceptors (Lipinski definition) is 3. The SMILES string of the molecule is CN=C(NCc1ccc([N+](=O)[O-])cc1)N1CCc2ccccc2C1.I. The van der Waals surface area contributed by atoms with Gasteiger partial charge in [-0.15, -0.1) is 24.0 Å². The fourth-order valence-corrected chi connectivity index (χ4v) is 2.93. The minimum Gasteiger partial charge on any atom is -0.352 e. The van der Waals surface area contributed by atoms with Gasteiger partial charge in [-0.2, -0.15) is 0 Å². The summed E-state index contributed by atoms with van der Waals surface area (Å²) < 4.78 is 0. The summed E-state index contributed by atoms with van der Waals surface area (Å²) in [7, 11) is 1.78. The van der Waals surface area contributed by atoms with Gasteiger partial charge in [0.05, 0.1) is 4.92 Å². The first-order valence-electron chi connectivity index (χ1n) is 7.93. The fourth-order valence-electron chi connectivity index (χ4n) is 2.93. The summed E-state index contributed by atoms with van der Waals surface area (Å²) in [4.78, 5) is 16.9. The number of aliphatic imine (C=N–C) groups is 1. The van der Waals surface area contributed by atoms with E-state index in [4.69, 9.17) is 0 Å². The van der Waals surface area contributed by atoms with Crippen molar-refractivity contribution in [2.24, 2.45) is 4.99 Å². The smallest absolute Gasteiger partial charge is 0.269 e. The van der Waals surface area contributed by atoms with Crippen molar-refractivity contribution in [1.29, 1.82) is 0 Å². The van der Waals surface area contributed by atoms with Crippen LogP contribution in [0.15, 0.2) is 53.5 Å². The van der Waals surface area contributed by atoms with Gasteiger partial charge in [0.2, 0.25) is 0 Å². The van der Waals surface area contributed by atoms with Crippen LogP contribution in [0.2, 0.25) is 0 Å². The molecule has 2 aromatic rings. The van der Waals surface area contributed by atoms with Crippen molar-refractivity contribution in [3.8, 4) is 0 Å². The van der Waals surface area contributed by atoms with Crippen molar-refractivity contribution < 1.29 is 4.92 Å². The number of hydrogen-bond donors (Lipinski definition) is 1. The molecular formula is C18H21IN4O2. The number of benzene rings is 2. The highest BCUT2D eigenvalue weighted by atomic mass is 127. The first-order valence-corrected chi connectivity index (χ1v) is 7.93. The monoisotopic (exact) mass is 452 g/mol. The number of nitrogens with one attached hydrogen (secondary N) is 1. The number of nitro benzene ring substituents is 1. The maximum Gasteiger partial charge on any atom is 0.269 e. The van der Waals surface area contributed by atoms with Crippen molar-refractivity contribution in [2.45, 2.75) is 19.5 Å². The molecule has 0 unspecified atom stereocenters. The number of rotatable bonds is 3. The number of non-ortho nitro benzene ring substituents is 1. The van der Waals surface area contributed by atoms with Crippen LogP contribution in [0.5, 0.6) is 0 Å². The van der Waals surface area contributed by atoms with E-state index in [1.54, 1.807) is 19.2 Å². The molecule has 0 fully saturated rings. The third-order valence-electron chi connectivity index (χ3n) is 4.24. The summed E-state index contributed by atoms with van der Waals surface area (Å²) in [5.74, 6) is 0.850. The average Bonchev–Trinajstić information content (AvgIpc) is 2.62. The number of guanidine groups is 1. The van der Waals surface area contributed by atoms with E-state index in [0.29, 0.717) is 6.54 Å². The minimum absolute atomic E-state index is 0. The van der Waals surface area contributed by atoms with Crippen LogP contribution in [0.25, 0.3) is 0 Å². The lowest BCUT2D eigenvalue weighted by Gasteiger charge is -2.31. The molecule has 7 heteroatoms. The Bertz CT molecular complexity index is 762. The van der Waals surface area contributed by atoms with Gasteiger partial charge in [-0.1, -0.05) is 36.4 Å². The molecule has 1 heterocycles. The largest absolute Gasteiger partial charge is 0.352 e. The molecular weight excluding hydrogens is 431 g/mol. The minimum atomic E-state index is -0.388. The molecule has 25 heavy (non-hydrogen) atoms. The normalized spacial score (nSPS) is 13.6. The Kier molecular flexibility index (Phi) is 6.74. The number of nitrogens with zero attached hydrogens (tertiary/aromatic N) is 3. The number of fused-ring (bicyclic) bond motifs is 1. The van der Waals surface area contributed by atoms with Crippen molar-refractivity contribution >= 4 is 35.6 Å². The molecule has 2 aromatic carbocycles. The Labute approximate surface area is 164 Å². The molecule has 3 rings (SSSR count). The van der Waals surface area contributed by atoms with E-state index in [2.05, 4.69) is 39.5 Å². The number of halogens is 1. The Morgan fingerprint density at radius 2 is 1.88 bits per heavy atom. The maximum absolute atomic E-state index is 10.7. The second kappa shape index (κ2) is 8.80.